The Balaban J connectivity index is 2.74. The molecule has 0 radical (unpaired) electrons. The highest BCUT2D eigenvalue weighted by atomic mass is 16.5. The van der Waals surface area contributed by atoms with Crippen molar-refractivity contribution in [2.75, 3.05) is 25.1 Å². The molecule has 0 spiro atoms. The van der Waals surface area contributed by atoms with Crippen LogP contribution in [0.3, 0.4) is 0 Å². The number of H-pyrrole nitrogens is 1. The zero-order valence-corrected chi connectivity index (χ0v) is 11.9. The standard InChI is InChI=1S/C13H21N3O3/c1-5-19-12(18)6-7-16(4)10-8-11(17)15-13(14-10)9(2)3/h8-9H,5-7H2,1-4H3,(H,14,15,17). The van der Waals surface area contributed by atoms with Gasteiger partial charge in [-0.2, -0.15) is 0 Å². The van der Waals surface area contributed by atoms with Gasteiger partial charge in [0.25, 0.3) is 5.56 Å². The predicted molar refractivity (Wildman–Crippen MR) is 73.5 cm³/mol. The number of rotatable bonds is 6. The number of carbonyl (C=O) groups excluding carboxylic acids is 1. The van der Waals surface area contributed by atoms with Crippen molar-refractivity contribution in [3.8, 4) is 0 Å². The van der Waals surface area contributed by atoms with Gasteiger partial charge in [0.2, 0.25) is 0 Å². The smallest absolute Gasteiger partial charge is 0.307 e. The van der Waals surface area contributed by atoms with Crippen LogP contribution in [0.1, 0.15) is 38.9 Å². The summed E-state index contributed by atoms with van der Waals surface area (Å²) in [6.07, 6.45) is 0.274. The highest BCUT2D eigenvalue weighted by Gasteiger charge is 2.10. The summed E-state index contributed by atoms with van der Waals surface area (Å²) in [5, 5.41) is 0. The van der Waals surface area contributed by atoms with E-state index in [9.17, 15) is 9.59 Å². The van der Waals surface area contributed by atoms with Crippen molar-refractivity contribution < 1.29 is 9.53 Å². The Morgan fingerprint density at radius 2 is 2.21 bits per heavy atom. The summed E-state index contributed by atoms with van der Waals surface area (Å²) in [5.74, 6) is 1.11. The van der Waals surface area contributed by atoms with E-state index in [-0.39, 0.29) is 23.9 Å². The van der Waals surface area contributed by atoms with Crippen molar-refractivity contribution in [1.82, 2.24) is 9.97 Å². The monoisotopic (exact) mass is 267 g/mol. The molecule has 0 aliphatic heterocycles. The SMILES string of the molecule is CCOC(=O)CCN(C)c1cc(=O)[nH]c(C(C)C)n1. The molecule has 0 atom stereocenters. The molecule has 0 amide bonds. The van der Waals surface area contributed by atoms with Crippen LogP contribution in [0.2, 0.25) is 0 Å². The molecule has 19 heavy (non-hydrogen) atoms. The number of hydrogen-bond donors (Lipinski definition) is 1. The molecule has 0 bridgehead atoms. The first-order valence-corrected chi connectivity index (χ1v) is 6.42. The maximum Gasteiger partial charge on any atom is 0.307 e. The lowest BCUT2D eigenvalue weighted by molar-refractivity contribution is -0.142. The van der Waals surface area contributed by atoms with Gasteiger partial charge in [-0.15, -0.1) is 0 Å². The zero-order valence-electron chi connectivity index (χ0n) is 11.9. The van der Waals surface area contributed by atoms with Gasteiger partial charge >= 0.3 is 5.97 Å². The van der Waals surface area contributed by atoms with Gasteiger partial charge in [-0.05, 0) is 6.92 Å². The van der Waals surface area contributed by atoms with Gasteiger partial charge < -0.3 is 14.6 Å². The number of aromatic nitrogens is 2. The predicted octanol–water partition coefficient (Wildman–Crippen LogP) is 1.28. The Morgan fingerprint density at radius 1 is 1.53 bits per heavy atom. The van der Waals surface area contributed by atoms with Crippen molar-refractivity contribution >= 4 is 11.8 Å². The third-order valence-corrected chi connectivity index (χ3v) is 2.64. The van der Waals surface area contributed by atoms with Crippen LogP contribution in [-0.4, -0.2) is 36.1 Å². The fourth-order valence-electron chi connectivity index (χ4n) is 1.54. The van der Waals surface area contributed by atoms with Crippen molar-refractivity contribution in [1.29, 1.82) is 0 Å². The van der Waals surface area contributed by atoms with Crippen LogP contribution in [-0.2, 0) is 9.53 Å². The second kappa shape index (κ2) is 6.92. The third kappa shape index (κ3) is 4.73. The summed E-state index contributed by atoms with van der Waals surface area (Å²) in [7, 11) is 1.80. The lowest BCUT2D eigenvalue weighted by Crippen LogP contribution is -2.25. The highest BCUT2D eigenvalue weighted by Crippen LogP contribution is 2.12. The molecule has 1 aromatic rings. The van der Waals surface area contributed by atoms with Crippen LogP contribution in [0.15, 0.2) is 10.9 Å². The Bertz CT molecular complexity index is 482. The summed E-state index contributed by atoms with van der Waals surface area (Å²) < 4.78 is 4.86. The van der Waals surface area contributed by atoms with Crippen molar-refractivity contribution in [2.45, 2.75) is 33.1 Å². The summed E-state index contributed by atoms with van der Waals surface area (Å²) >= 11 is 0. The molecule has 1 N–H and O–H groups in total. The molecular formula is C13H21N3O3. The molecule has 1 heterocycles. The van der Waals surface area contributed by atoms with Crippen molar-refractivity contribution in [3.05, 3.63) is 22.2 Å². The van der Waals surface area contributed by atoms with Crippen LogP contribution in [0, 0.1) is 0 Å². The van der Waals surface area contributed by atoms with E-state index in [4.69, 9.17) is 4.74 Å². The Morgan fingerprint density at radius 3 is 2.79 bits per heavy atom. The average molecular weight is 267 g/mol. The second-order valence-corrected chi connectivity index (χ2v) is 4.62. The van der Waals surface area contributed by atoms with E-state index in [0.29, 0.717) is 24.8 Å². The largest absolute Gasteiger partial charge is 0.466 e. The number of aromatic amines is 1. The Hall–Kier alpha value is -1.85. The molecular weight excluding hydrogens is 246 g/mol. The van der Waals surface area contributed by atoms with E-state index in [0.717, 1.165) is 0 Å². The number of hydrogen-bond acceptors (Lipinski definition) is 5. The van der Waals surface area contributed by atoms with Gasteiger partial charge in [0, 0.05) is 25.6 Å². The summed E-state index contributed by atoms with van der Waals surface area (Å²) in [4.78, 5) is 31.7. The zero-order chi connectivity index (χ0) is 14.4. The van der Waals surface area contributed by atoms with Crippen LogP contribution < -0.4 is 10.5 Å². The second-order valence-electron chi connectivity index (χ2n) is 4.62. The fraction of sp³-hybridized carbons (Fsp3) is 0.615. The number of ether oxygens (including phenoxy) is 1. The molecule has 0 fully saturated rings. The van der Waals surface area contributed by atoms with Crippen LogP contribution in [0.4, 0.5) is 5.82 Å². The lowest BCUT2D eigenvalue weighted by atomic mass is 10.2. The molecule has 1 aromatic heterocycles. The van der Waals surface area contributed by atoms with Crippen molar-refractivity contribution in [3.63, 3.8) is 0 Å². The quantitative estimate of drug-likeness (QED) is 0.786. The number of nitrogens with one attached hydrogen (secondary N) is 1. The number of esters is 1. The van der Waals surface area contributed by atoms with Gasteiger partial charge in [-0.25, -0.2) is 4.98 Å². The molecule has 1 rings (SSSR count). The van der Waals surface area contributed by atoms with Crippen LogP contribution in [0.5, 0.6) is 0 Å². The van der Waals surface area contributed by atoms with Crippen LogP contribution in [0.25, 0.3) is 0 Å². The molecule has 0 aliphatic rings. The first-order valence-electron chi connectivity index (χ1n) is 6.42. The van der Waals surface area contributed by atoms with Gasteiger partial charge in [-0.1, -0.05) is 13.8 Å². The molecule has 0 unspecified atom stereocenters. The number of carbonyl (C=O) groups is 1. The molecule has 0 aliphatic carbocycles. The summed E-state index contributed by atoms with van der Waals surface area (Å²) in [6.45, 7) is 6.53. The van der Waals surface area contributed by atoms with Crippen LogP contribution >= 0.6 is 0 Å². The summed E-state index contributed by atoms with van der Waals surface area (Å²) in [5.41, 5.74) is -0.184. The molecule has 0 saturated heterocycles. The highest BCUT2D eigenvalue weighted by molar-refractivity contribution is 5.70. The minimum Gasteiger partial charge on any atom is -0.466 e. The van der Waals surface area contributed by atoms with E-state index in [1.54, 1.807) is 18.9 Å². The van der Waals surface area contributed by atoms with E-state index >= 15 is 0 Å². The minimum atomic E-state index is -0.247. The maximum atomic E-state index is 11.5. The molecule has 0 aromatic carbocycles. The molecule has 106 valence electrons. The third-order valence-electron chi connectivity index (χ3n) is 2.64. The van der Waals surface area contributed by atoms with E-state index in [1.807, 2.05) is 13.8 Å². The normalized spacial score (nSPS) is 10.6. The van der Waals surface area contributed by atoms with Gasteiger partial charge in [-0.3, -0.25) is 9.59 Å². The topological polar surface area (TPSA) is 75.3 Å². The lowest BCUT2D eigenvalue weighted by Gasteiger charge is -2.18. The molecule has 0 saturated carbocycles. The minimum absolute atomic E-state index is 0.145. The molecule has 6 nitrogen and oxygen atoms in total. The fourth-order valence-corrected chi connectivity index (χ4v) is 1.54. The van der Waals surface area contributed by atoms with Gasteiger partial charge in [0.05, 0.1) is 13.0 Å². The molecule has 6 heteroatoms. The first kappa shape index (κ1) is 15.2. The van der Waals surface area contributed by atoms with Gasteiger partial charge in [0.15, 0.2) is 0 Å². The van der Waals surface area contributed by atoms with E-state index in [2.05, 4.69) is 9.97 Å². The maximum absolute atomic E-state index is 11.5. The van der Waals surface area contributed by atoms with E-state index < -0.39 is 0 Å². The average Bonchev–Trinajstić information content (AvgIpc) is 2.35. The number of nitrogens with zero attached hydrogens (tertiary/aromatic N) is 2. The Labute approximate surface area is 112 Å². The van der Waals surface area contributed by atoms with E-state index in [1.165, 1.54) is 6.07 Å². The Kier molecular flexibility index (Phi) is 5.54. The number of anilines is 1. The van der Waals surface area contributed by atoms with Gasteiger partial charge in [0.1, 0.15) is 11.6 Å². The summed E-state index contributed by atoms with van der Waals surface area (Å²) in [6, 6.07) is 1.43. The van der Waals surface area contributed by atoms with Crippen molar-refractivity contribution in [2.24, 2.45) is 0 Å². The first-order chi connectivity index (χ1) is 8.93.